The molecule has 0 heterocycles. The minimum Gasteiger partial charge on any atom is -0.494 e. The number of carbonyl (C=O) groups is 2. The van der Waals surface area contributed by atoms with E-state index in [1.807, 2.05) is 62.4 Å². The molecule has 6 heteroatoms. The monoisotopic (exact) mass is 552 g/mol. The predicted octanol–water partition coefficient (Wildman–Crippen LogP) is 7.12. The molecule has 2 rings (SSSR count). The molecular weight excluding hydrogens is 500 g/mol. The maximum atomic E-state index is 13.5. The quantitative estimate of drug-likeness (QED) is 0.161. The summed E-state index contributed by atoms with van der Waals surface area (Å²) in [4.78, 5) is 27.0. The van der Waals surface area contributed by atoms with Crippen molar-refractivity contribution in [2.24, 2.45) is 11.8 Å². The first-order chi connectivity index (χ1) is 18.8. The first-order valence-corrected chi connectivity index (χ1v) is 14.9. The van der Waals surface area contributed by atoms with Crippen LogP contribution in [0.5, 0.6) is 11.5 Å². The van der Waals surface area contributed by atoms with E-state index in [1.165, 1.54) is 0 Å². The molecule has 0 aliphatic heterocycles. The summed E-state index contributed by atoms with van der Waals surface area (Å²) in [5, 5.41) is 7.05. The average molecular weight is 553 g/mol. The Morgan fingerprint density at radius 3 is 1.23 bits per heavy atom. The lowest BCUT2D eigenvalue weighted by Gasteiger charge is -2.26. The van der Waals surface area contributed by atoms with Gasteiger partial charge >= 0.3 is 0 Å². The molecule has 0 saturated heterocycles. The number of rotatable bonds is 17. The van der Waals surface area contributed by atoms with Gasteiger partial charge in [-0.2, -0.15) is 0 Å². The molecule has 2 N–H and O–H groups in total. The van der Waals surface area contributed by atoms with Crippen molar-refractivity contribution in [1.29, 1.82) is 0 Å². The molecule has 40 heavy (non-hydrogen) atoms. The zero-order chi connectivity index (χ0) is 29.8. The summed E-state index contributed by atoms with van der Waals surface area (Å²) in [6.45, 7) is 19.0. The number of nitrogens with one attached hydrogen (secondary N) is 2. The second-order valence-electron chi connectivity index (χ2n) is 12.6. The predicted molar refractivity (Wildman–Crippen MR) is 165 cm³/mol. The SMILES string of the molecule is CCOc1ccc(C(=O)[C@@H](CCCC[C@@H](CNC(C)(C)C)C(=O)c2ccc(OCC)cc2)CNC(C)(C)C)cc1. The number of hydrogen-bond acceptors (Lipinski definition) is 6. The molecule has 2 aromatic carbocycles. The molecule has 0 bridgehead atoms. The van der Waals surface area contributed by atoms with Gasteiger partial charge in [-0.15, -0.1) is 0 Å². The molecule has 0 radical (unpaired) electrons. The van der Waals surface area contributed by atoms with Gasteiger partial charge in [0.1, 0.15) is 11.5 Å². The molecule has 0 aromatic heterocycles. The van der Waals surface area contributed by atoms with Crippen molar-refractivity contribution >= 4 is 11.6 Å². The van der Waals surface area contributed by atoms with E-state index in [-0.39, 0.29) is 34.5 Å². The molecule has 2 aromatic rings. The smallest absolute Gasteiger partial charge is 0.167 e. The van der Waals surface area contributed by atoms with Gasteiger partial charge in [-0.1, -0.05) is 12.8 Å². The summed E-state index contributed by atoms with van der Waals surface area (Å²) in [6, 6.07) is 14.9. The second-order valence-corrected chi connectivity index (χ2v) is 12.6. The molecule has 0 saturated carbocycles. The Morgan fingerprint density at radius 1 is 0.625 bits per heavy atom. The van der Waals surface area contributed by atoms with E-state index in [4.69, 9.17) is 9.47 Å². The van der Waals surface area contributed by atoms with Crippen LogP contribution >= 0.6 is 0 Å². The number of ether oxygens (including phenoxy) is 2. The van der Waals surface area contributed by atoms with Gasteiger partial charge in [0.05, 0.1) is 13.2 Å². The van der Waals surface area contributed by atoms with Crippen LogP contribution in [0.25, 0.3) is 0 Å². The Balaban J connectivity index is 2.07. The van der Waals surface area contributed by atoms with Crippen molar-refractivity contribution in [2.75, 3.05) is 26.3 Å². The molecule has 0 aliphatic rings. The van der Waals surface area contributed by atoms with Gasteiger partial charge in [0, 0.05) is 47.1 Å². The lowest BCUT2D eigenvalue weighted by molar-refractivity contribution is 0.0886. The number of benzene rings is 2. The van der Waals surface area contributed by atoms with Crippen molar-refractivity contribution in [2.45, 2.75) is 92.2 Å². The van der Waals surface area contributed by atoms with Gasteiger partial charge in [0.2, 0.25) is 0 Å². The fraction of sp³-hybridized carbons (Fsp3) is 0.588. The Bertz CT molecular complexity index is 948. The lowest BCUT2D eigenvalue weighted by atomic mass is 9.88. The molecule has 222 valence electrons. The van der Waals surface area contributed by atoms with Crippen molar-refractivity contribution in [3.05, 3.63) is 59.7 Å². The van der Waals surface area contributed by atoms with Gasteiger partial charge in [-0.3, -0.25) is 9.59 Å². The van der Waals surface area contributed by atoms with Crippen LogP contribution in [0.3, 0.4) is 0 Å². The highest BCUT2D eigenvalue weighted by atomic mass is 16.5. The Hall–Kier alpha value is -2.70. The normalized spacial score (nSPS) is 13.5. The summed E-state index contributed by atoms with van der Waals surface area (Å²) in [6.07, 6.45) is 3.29. The van der Waals surface area contributed by atoms with Gasteiger partial charge in [-0.25, -0.2) is 0 Å². The number of unbranched alkanes of at least 4 members (excludes halogenated alkanes) is 1. The van der Waals surface area contributed by atoms with Crippen LogP contribution < -0.4 is 20.1 Å². The molecular formula is C34H52N2O4. The van der Waals surface area contributed by atoms with E-state index >= 15 is 0 Å². The van der Waals surface area contributed by atoms with E-state index < -0.39 is 0 Å². The van der Waals surface area contributed by atoms with Gasteiger partial charge in [-0.05, 0) is 117 Å². The maximum absolute atomic E-state index is 13.5. The minimum absolute atomic E-state index is 0.0782. The lowest BCUT2D eigenvalue weighted by Crippen LogP contribution is -2.41. The van der Waals surface area contributed by atoms with Crippen LogP contribution in [-0.2, 0) is 0 Å². The van der Waals surface area contributed by atoms with Crippen molar-refractivity contribution < 1.29 is 19.1 Å². The average Bonchev–Trinajstić information content (AvgIpc) is 2.89. The second kappa shape index (κ2) is 15.9. The fourth-order valence-corrected chi connectivity index (χ4v) is 4.53. The van der Waals surface area contributed by atoms with Crippen LogP contribution in [0.4, 0.5) is 0 Å². The Labute approximate surface area is 242 Å². The maximum Gasteiger partial charge on any atom is 0.167 e. The molecule has 0 aliphatic carbocycles. The number of Topliss-reactive ketones (excluding diaryl/α,β-unsaturated/α-hetero) is 2. The van der Waals surface area contributed by atoms with Gasteiger partial charge in [0.15, 0.2) is 11.6 Å². The number of carbonyl (C=O) groups excluding carboxylic acids is 2. The molecule has 0 unspecified atom stereocenters. The minimum atomic E-state index is -0.134. The van der Waals surface area contributed by atoms with Crippen molar-refractivity contribution in [1.82, 2.24) is 10.6 Å². The first-order valence-electron chi connectivity index (χ1n) is 14.9. The van der Waals surface area contributed by atoms with E-state index in [0.717, 1.165) is 37.2 Å². The largest absolute Gasteiger partial charge is 0.494 e. The van der Waals surface area contributed by atoms with E-state index in [0.29, 0.717) is 37.4 Å². The van der Waals surface area contributed by atoms with Crippen molar-refractivity contribution in [3.63, 3.8) is 0 Å². The highest BCUT2D eigenvalue weighted by Crippen LogP contribution is 2.23. The molecule has 0 fully saturated rings. The third kappa shape index (κ3) is 12.2. The fourth-order valence-electron chi connectivity index (χ4n) is 4.53. The molecule has 6 nitrogen and oxygen atoms in total. The third-order valence-corrected chi connectivity index (χ3v) is 6.75. The highest BCUT2D eigenvalue weighted by molar-refractivity contribution is 5.98. The van der Waals surface area contributed by atoms with Crippen LogP contribution in [-0.4, -0.2) is 48.9 Å². The summed E-state index contributed by atoms with van der Waals surface area (Å²) in [7, 11) is 0. The van der Waals surface area contributed by atoms with E-state index in [2.05, 4.69) is 52.2 Å². The summed E-state index contributed by atoms with van der Waals surface area (Å²) in [5.41, 5.74) is 1.26. The van der Waals surface area contributed by atoms with Crippen LogP contribution in [0.1, 0.15) is 102 Å². The van der Waals surface area contributed by atoms with E-state index in [9.17, 15) is 9.59 Å². The molecule has 2 atom stereocenters. The topological polar surface area (TPSA) is 76.7 Å². The molecule has 0 amide bonds. The van der Waals surface area contributed by atoms with Crippen LogP contribution in [0.2, 0.25) is 0 Å². The summed E-state index contributed by atoms with van der Waals surface area (Å²) < 4.78 is 11.1. The number of hydrogen-bond donors (Lipinski definition) is 2. The summed E-state index contributed by atoms with van der Waals surface area (Å²) >= 11 is 0. The standard InChI is InChI=1S/C34H52N2O4/c1-9-39-29-19-15-25(16-20-29)31(37)27(23-35-33(3,4)5)13-11-12-14-28(24-36-34(6,7)8)32(38)26-17-21-30(22-18-26)40-10-2/h15-22,27-28,35-36H,9-14,23-24H2,1-8H3/t27-,28-/m0/s1. The third-order valence-electron chi connectivity index (χ3n) is 6.75. The van der Waals surface area contributed by atoms with Crippen LogP contribution in [0.15, 0.2) is 48.5 Å². The zero-order valence-corrected chi connectivity index (χ0v) is 26.1. The van der Waals surface area contributed by atoms with Gasteiger partial charge in [0.25, 0.3) is 0 Å². The Morgan fingerprint density at radius 2 is 0.950 bits per heavy atom. The van der Waals surface area contributed by atoms with Gasteiger partial charge < -0.3 is 20.1 Å². The van der Waals surface area contributed by atoms with E-state index in [1.54, 1.807) is 0 Å². The van der Waals surface area contributed by atoms with Crippen LogP contribution in [0, 0.1) is 11.8 Å². The molecule has 0 spiro atoms. The number of ketones is 2. The highest BCUT2D eigenvalue weighted by Gasteiger charge is 2.25. The Kier molecular flexibility index (Phi) is 13.3. The summed E-state index contributed by atoms with van der Waals surface area (Å²) in [5.74, 6) is 1.58. The first kappa shape index (κ1) is 33.5. The zero-order valence-electron chi connectivity index (χ0n) is 26.1. The van der Waals surface area contributed by atoms with Crippen molar-refractivity contribution in [3.8, 4) is 11.5 Å².